The van der Waals surface area contributed by atoms with Crippen LogP contribution in [0.4, 0.5) is 5.69 Å². The van der Waals surface area contributed by atoms with E-state index in [0.717, 1.165) is 4.90 Å². The molecule has 2 aromatic carbocycles. The van der Waals surface area contributed by atoms with Crippen LogP contribution in [-0.4, -0.2) is 41.1 Å². The van der Waals surface area contributed by atoms with Gasteiger partial charge in [0, 0.05) is 17.4 Å². The van der Waals surface area contributed by atoms with Gasteiger partial charge < -0.3 is 19.7 Å². The largest absolute Gasteiger partial charge is 0.507 e. The molecule has 1 saturated heterocycles. The first-order chi connectivity index (χ1) is 15.9. The Hall–Kier alpha value is -4.04. The van der Waals surface area contributed by atoms with Crippen molar-refractivity contribution in [2.75, 3.05) is 19.1 Å². The number of phenols is 1. The molecule has 0 aliphatic carbocycles. The predicted octanol–water partition coefficient (Wildman–Crippen LogP) is 4.08. The molecule has 1 aromatic heterocycles. The second-order valence-electron chi connectivity index (χ2n) is 7.15. The first-order valence-electron chi connectivity index (χ1n) is 9.79. The average Bonchev–Trinajstić information content (AvgIpc) is 3.10. The third-order valence-corrected chi connectivity index (χ3v) is 5.54. The van der Waals surface area contributed by atoms with Gasteiger partial charge in [-0.05, 0) is 48.0 Å². The van der Waals surface area contributed by atoms with E-state index in [9.17, 15) is 19.8 Å². The molecule has 1 amide bonds. The van der Waals surface area contributed by atoms with Gasteiger partial charge in [0.15, 0.2) is 0 Å². The molecule has 1 aliphatic heterocycles. The van der Waals surface area contributed by atoms with E-state index in [2.05, 4.69) is 4.98 Å². The highest BCUT2D eigenvalue weighted by molar-refractivity contribution is 6.52. The number of hydrogen-bond acceptors (Lipinski definition) is 7. The van der Waals surface area contributed by atoms with Crippen molar-refractivity contribution in [3.63, 3.8) is 0 Å². The van der Waals surface area contributed by atoms with Crippen LogP contribution < -0.4 is 14.4 Å². The Kier molecular flexibility index (Phi) is 5.93. The molecular formula is C24H19ClN2O6. The number of aliphatic hydroxyl groups is 1. The summed E-state index contributed by atoms with van der Waals surface area (Å²) in [5.74, 6) is -1.90. The standard InChI is InChI=1S/C24H19ClN2O6/c1-32-15-6-8-19(33-2)16(11-15)22(29)20-21(13-4-3-9-26-12-13)27(24(31)23(20)30)17-10-14(25)5-7-18(17)28/h3-12,21,28-29H,1-2H3/b22-20+. The summed E-state index contributed by atoms with van der Waals surface area (Å²) in [6, 6.07) is 11.1. The summed E-state index contributed by atoms with van der Waals surface area (Å²) < 4.78 is 10.6. The maximum Gasteiger partial charge on any atom is 0.300 e. The molecule has 3 aromatic rings. The van der Waals surface area contributed by atoms with Gasteiger partial charge in [-0.2, -0.15) is 0 Å². The lowest BCUT2D eigenvalue weighted by Gasteiger charge is -2.26. The third-order valence-electron chi connectivity index (χ3n) is 5.30. The topological polar surface area (TPSA) is 109 Å². The molecule has 33 heavy (non-hydrogen) atoms. The van der Waals surface area contributed by atoms with Gasteiger partial charge in [-0.1, -0.05) is 17.7 Å². The average molecular weight is 467 g/mol. The fraction of sp³-hybridized carbons (Fsp3) is 0.125. The van der Waals surface area contributed by atoms with Crippen LogP contribution in [-0.2, 0) is 9.59 Å². The molecule has 2 heterocycles. The predicted molar refractivity (Wildman–Crippen MR) is 122 cm³/mol. The number of hydrogen-bond donors (Lipinski definition) is 2. The number of anilines is 1. The van der Waals surface area contributed by atoms with Crippen LogP contribution in [0.5, 0.6) is 17.2 Å². The Labute approximate surface area is 194 Å². The smallest absolute Gasteiger partial charge is 0.300 e. The zero-order valence-corrected chi connectivity index (χ0v) is 18.4. The van der Waals surface area contributed by atoms with E-state index >= 15 is 0 Å². The van der Waals surface area contributed by atoms with Gasteiger partial charge in [-0.3, -0.25) is 19.5 Å². The molecule has 0 saturated carbocycles. The number of rotatable bonds is 5. The van der Waals surface area contributed by atoms with E-state index in [4.69, 9.17) is 21.1 Å². The van der Waals surface area contributed by atoms with Gasteiger partial charge >= 0.3 is 0 Å². The van der Waals surface area contributed by atoms with E-state index in [0.29, 0.717) is 11.3 Å². The van der Waals surface area contributed by atoms with Crippen LogP contribution in [0, 0.1) is 0 Å². The molecule has 0 radical (unpaired) electrons. The van der Waals surface area contributed by atoms with Crippen molar-refractivity contribution in [2.45, 2.75) is 6.04 Å². The molecule has 0 spiro atoms. The first-order valence-corrected chi connectivity index (χ1v) is 10.2. The van der Waals surface area contributed by atoms with Gasteiger partial charge in [0.25, 0.3) is 11.7 Å². The second-order valence-corrected chi connectivity index (χ2v) is 7.59. The highest BCUT2D eigenvalue weighted by Gasteiger charge is 2.48. The summed E-state index contributed by atoms with van der Waals surface area (Å²) in [7, 11) is 2.88. The highest BCUT2D eigenvalue weighted by Crippen LogP contribution is 2.46. The minimum absolute atomic E-state index is 0.0233. The maximum absolute atomic E-state index is 13.2. The number of aromatic hydroxyl groups is 1. The normalized spacial score (nSPS) is 17.3. The van der Waals surface area contributed by atoms with Crippen molar-refractivity contribution in [3.8, 4) is 17.2 Å². The number of carbonyl (C=O) groups is 2. The minimum atomic E-state index is -1.08. The summed E-state index contributed by atoms with van der Waals surface area (Å²) in [5.41, 5.74) is 0.438. The fourth-order valence-electron chi connectivity index (χ4n) is 3.77. The molecule has 1 fully saturated rings. The number of aromatic nitrogens is 1. The number of carbonyl (C=O) groups excluding carboxylic acids is 2. The van der Waals surface area contributed by atoms with E-state index in [-0.39, 0.29) is 33.3 Å². The number of ketones is 1. The Morgan fingerprint density at radius 1 is 1.09 bits per heavy atom. The number of benzene rings is 2. The second kappa shape index (κ2) is 8.84. The molecule has 8 nitrogen and oxygen atoms in total. The molecular weight excluding hydrogens is 448 g/mol. The minimum Gasteiger partial charge on any atom is -0.507 e. The van der Waals surface area contributed by atoms with Gasteiger partial charge in [0.2, 0.25) is 0 Å². The number of amides is 1. The van der Waals surface area contributed by atoms with E-state index in [1.165, 1.54) is 50.9 Å². The highest BCUT2D eigenvalue weighted by atomic mass is 35.5. The van der Waals surface area contributed by atoms with Crippen molar-refractivity contribution < 1.29 is 29.3 Å². The Morgan fingerprint density at radius 3 is 2.55 bits per heavy atom. The Balaban J connectivity index is 2.01. The lowest BCUT2D eigenvalue weighted by atomic mass is 9.95. The number of aliphatic hydroxyl groups excluding tert-OH is 1. The zero-order chi connectivity index (χ0) is 23.7. The van der Waals surface area contributed by atoms with Gasteiger partial charge in [0.05, 0.1) is 37.1 Å². The number of ether oxygens (including phenoxy) is 2. The first kappa shape index (κ1) is 22.2. The van der Waals surface area contributed by atoms with Crippen molar-refractivity contribution in [1.82, 2.24) is 4.98 Å². The quantitative estimate of drug-likeness (QED) is 0.331. The number of phenolic OH excluding ortho intramolecular Hbond substituents is 1. The maximum atomic E-state index is 13.2. The van der Waals surface area contributed by atoms with Crippen LogP contribution in [0.15, 0.2) is 66.5 Å². The number of halogens is 1. The van der Waals surface area contributed by atoms with Gasteiger partial charge in [-0.15, -0.1) is 0 Å². The van der Waals surface area contributed by atoms with Crippen LogP contribution >= 0.6 is 11.6 Å². The Morgan fingerprint density at radius 2 is 1.88 bits per heavy atom. The lowest BCUT2D eigenvalue weighted by Crippen LogP contribution is -2.29. The third kappa shape index (κ3) is 3.85. The zero-order valence-electron chi connectivity index (χ0n) is 17.7. The van der Waals surface area contributed by atoms with Crippen molar-refractivity contribution in [2.24, 2.45) is 0 Å². The number of methoxy groups -OCH3 is 2. The van der Waals surface area contributed by atoms with Crippen molar-refractivity contribution in [1.29, 1.82) is 0 Å². The molecule has 168 valence electrons. The summed E-state index contributed by atoms with van der Waals surface area (Å²) in [5, 5.41) is 22.0. The SMILES string of the molecule is COc1ccc(OC)c(/C(O)=C2\C(=O)C(=O)N(c3cc(Cl)ccc3O)C2c2cccnc2)c1. The van der Waals surface area contributed by atoms with Crippen LogP contribution in [0.25, 0.3) is 5.76 Å². The summed E-state index contributed by atoms with van der Waals surface area (Å²) in [6.45, 7) is 0. The van der Waals surface area contributed by atoms with Crippen molar-refractivity contribution in [3.05, 3.63) is 82.6 Å². The number of nitrogens with zero attached hydrogens (tertiary/aromatic N) is 2. The number of pyridine rings is 1. The molecule has 2 N–H and O–H groups in total. The van der Waals surface area contributed by atoms with Gasteiger partial charge in [-0.25, -0.2) is 0 Å². The lowest BCUT2D eigenvalue weighted by molar-refractivity contribution is -0.132. The Bertz CT molecular complexity index is 1280. The van der Waals surface area contributed by atoms with E-state index < -0.39 is 23.5 Å². The molecule has 1 aliphatic rings. The molecule has 1 atom stereocenters. The molecule has 4 rings (SSSR count). The fourth-order valence-corrected chi connectivity index (χ4v) is 3.93. The van der Waals surface area contributed by atoms with E-state index in [1.807, 2.05) is 0 Å². The van der Waals surface area contributed by atoms with Crippen LogP contribution in [0.2, 0.25) is 5.02 Å². The summed E-state index contributed by atoms with van der Waals surface area (Å²) in [4.78, 5) is 31.6. The number of Topliss-reactive ketones (excluding diaryl/α,β-unsaturated/α-hetero) is 1. The molecule has 9 heteroatoms. The van der Waals surface area contributed by atoms with Gasteiger partial charge in [0.1, 0.15) is 23.0 Å². The summed E-state index contributed by atoms with van der Waals surface area (Å²) in [6.07, 6.45) is 3.01. The molecule has 1 unspecified atom stereocenters. The summed E-state index contributed by atoms with van der Waals surface area (Å²) >= 11 is 6.10. The monoisotopic (exact) mass is 466 g/mol. The molecule has 0 bridgehead atoms. The van der Waals surface area contributed by atoms with E-state index in [1.54, 1.807) is 24.3 Å². The van der Waals surface area contributed by atoms with Crippen LogP contribution in [0.1, 0.15) is 17.2 Å². The van der Waals surface area contributed by atoms with Crippen LogP contribution in [0.3, 0.4) is 0 Å². The van der Waals surface area contributed by atoms with Crippen molar-refractivity contribution >= 4 is 34.7 Å².